The Kier molecular flexibility index (Phi) is 3.94. The highest BCUT2D eigenvalue weighted by Crippen LogP contribution is 2.21. The quantitative estimate of drug-likeness (QED) is 0.897. The van der Waals surface area contributed by atoms with Gasteiger partial charge in [-0.05, 0) is 26.0 Å². The van der Waals surface area contributed by atoms with Crippen molar-refractivity contribution in [3.05, 3.63) is 35.4 Å². The predicted molar refractivity (Wildman–Crippen MR) is 63.0 cm³/mol. The van der Waals surface area contributed by atoms with Crippen molar-refractivity contribution in [1.82, 2.24) is 5.32 Å². The zero-order chi connectivity index (χ0) is 13.2. The highest BCUT2D eigenvalue weighted by Gasteiger charge is 2.32. The average molecular weight is 257 g/mol. The molecule has 1 fully saturated rings. The van der Waals surface area contributed by atoms with Gasteiger partial charge in [0.15, 0.2) is 5.79 Å². The van der Waals surface area contributed by atoms with Crippen LogP contribution in [0.5, 0.6) is 0 Å². The van der Waals surface area contributed by atoms with Crippen LogP contribution in [0.25, 0.3) is 0 Å². The molecule has 0 amide bonds. The van der Waals surface area contributed by atoms with Crippen LogP contribution in [0.1, 0.15) is 19.4 Å². The molecular weight excluding hydrogens is 240 g/mol. The molecule has 0 radical (unpaired) electrons. The van der Waals surface area contributed by atoms with E-state index in [0.717, 1.165) is 0 Å². The topological polar surface area (TPSA) is 30.5 Å². The van der Waals surface area contributed by atoms with Crippen molar-refractivity contribution in [1.29, 1.82) is 0 Å². The van der Waals surface area contributed by atoms with Crippen molar-refractivity contribution in [2.75, 3.05) is 13.2 Å². The Hall–Kier alpha value is -1.04. The number of benzene rings is 1. The third-order valence-electron chi connectivity index (χ3n) is 2.80. The molecule has 1 unspecified atom stereocenters. The third-order valence-corrected chi connectivity index (χ3v) is 2.80. The lowest BCUT2D eigenvalue weighted by Gasteiger charge is -2.17. The van der Waals surface area contributed by atoms with E-state index in [-0.39, 0.29) is 18.2 Å². The Morgan fingerprint density at radius 2 is 2.00 bits per heavy atom. The van der Waals surface area contributed by atoms with Crippen LogP contribution >= 0.6 is 0 Å². The molecule has 100 valence electrons. The maximum Gasteiger partial charge on any atom is 0.163 e. The van der Waals surface area contributed by atoms with Gasteiger partial charge in [0, 0.05) is 18.7 Å². The van der Waals surface area contributed by atoms with E-state index in [1.807, 2.05) is 13.8 Å². The molecule has 1 atom stereocenters. The second-order valence-corrected chi connectivity index (χ2v) is 4.78. The molecule has 1 heterocycles. The number of ether oxygens (including phenoxy) is 2. The van der Waals surface area contributed by atoms with Gasteiger partial charge < -0.3 is 14.8 Å². The summed E-state index contributed by atoms with van der Waals surface area (Å²) in [6.07, 6.45) is -0.0881. The lowest BCUT2D eigenvalue weighted by Crippen LogP contribution is -2.30. The summed E-state index contributed by atoms with van der Waals surface area (Å²) in [5, 5.41) is 2.98. The number of rotatable bonds is 4. The van der Waals surface area contributed by atoms with E-state index >= 15 is 0 Å². The molecule has 0 aromatic heterocycles. The predicted octanol–water partition coefficient (Wildman–Crippen LogP) is 2.21. The van der Waals surface area contributed by atoms with Crippen molar-refractivity contribution in [2.45, 2.75) is 32.3 Å². The highest BCUT2D eigenvalue weighted by atomic mass is 19.1. The first-order valence-electron chi connectivity index (χ1n) is 5.93. The zero-order valence-corrected chi connectivity index (χ0v) is 10.5. The van der Waals surface area contributed by atoms with Crippen molar-refractivity contribution in [3.63, 3.8) is 0 Å². The van der Waals surface area contributed by atoms with Crippen LogP contribution in [-0.2, 0) is 16.0 Å². The Morgan fingerprint density at radius 3 is 2.56 bits per heavy atom. The summed E-state index contributed by atoms with van der Waals surface area (Å²) < 4.78 is 37.6. The number of nitrogens with one attached hydrogen (secondary N) is 1. The van der Waals surface area contributed by atoms with Crippen LogP contribution in [0, 0.1) is 11.6 Å². The van der Waals surface area contributed by atoms with Gasteiger partial charge in [0.2, 0.25) is 0 Å². The Balaban J connectivity index is 1.83. The van der Waals surface area contributed by atoms with E-state index < -0.39 is 17.4 Å². The average Bonchev–Trinajstić information content (AvgIpc) is 2.63. The first-order valence-corrected chi connectivity index (χ1v) is 5.93. The van der Waals surface area contributed by atoms with E-state index in [1.165, 1.54) is 18.2 Å². The molecule has 0 saturated carbocycles. The summed E-state index contributed by atoms with van der Waals surface area (Å²) in [4.78, 5) is 0. The molecule has 1 aromatic rings. The Morgan fingerprint density at radius 1 is 1.33 bits per heavy atom. The van der Waals surface area contributed by atoms with Gasteiger partial charge in [0.05, 0.1) is 12.7 Å². The summed E-state index contributed by atoms with van der Waals surface area (Å²) >= 11 is 0. The minimum Gasteiger partial charge on any atom is -0.348 e. The van der Waals surface area contributed by atoms with E-state index in [4.69, 9.17) is 9.47 Å². The largest absolute Gasteiger partial charge is 0.348 e. The molecule has 18 heavy (non-hydrogen) atoms. The number of hydrogen-bond acceptors (Lipinski definition) is 3. The minimum atomic E-state index is -0.574. The normalized spacial score (nSPS) is 22.3. The van der Waals surface area contributed by atoms with Crippen LogP contribution in [0.3, 0.4) is 0 Å². The molecule has 5 heteroatoms. The summed E-state index contributed by atoms with van der Waals surface area (Å²) in [6.45, 7) is 4.79. The Bertz CT molecular complexity index is 403. The highest BCUT2D eigenvalue weighted by molar-refractivity contribution is 5.19. The molecule has 0 aliphatic carbocycles. The van der Waals surface area contributed by atoms with Gasteiger partial charge in [-0.2, -0.15) is 0 Å². The van der Waals surface area contributed by atoms with Crippen LogP contribution in [0.4, 0.5) is 8.78 Å². The molecule has 3 nitrogen and oxygen atoms in total. The molecule has 1 aromatic carbocycles. The molecular formula is C13H17F2NO2. The van der Waals surface area contributed by atoms with Gasteiger partial charge in [0.1, 0.15) is 11.6 Å². The lowest BCUT2D eigenvalue weighted by molar-refractivity contribution is -0.137. The Labute approximate surface area is 105 Å². The van der Waals surface area contributed by atoms with Gasteiger partial charge in [-0.1, -0.05) is 6.07 Å². The molecule has 1 saturated heterocycles. The first-order chi connectivity index (χ1) is 8.48. The molecule has 1 N–H and O–H groups in total. The van der Waals surface area contributed by atoms with Crippen molar-refractivity contribution in [3.8, 4) is 0 Å². The summed E-state index contributed by atoms with van der Waals surface area (Å²) in [5.74, 6) is -1.65. The van der Waals surface area contributed by atoms with Gasteiger partial charge in [-0.15, -0.1) is 0 Å². The molecule has 2 rings (SSSR count). The van der Waals surface area contributed by atoms with Crippen molar-refractivity contribution in [2.24, 2.45) is 0 Å². The maximum atomic E-state index is 13.3. The summed E-state index contributed by atoms with van der Waals surface area (Å²) in [6, 6.07) is 3.85. The molecule has 0 bridgehead atoms. The number of halogens is 2. The van der Waals surface area contributed by atoms with Gasteiger partial charge in [-0.3, -0.25) is 0 Å². The molecule has 0 spiro atoms. The molecule has 1 aliphatic heterocycles. The van der Waals surface area contributed by atoms with E-state index in [1.54, 1.807) is 0 Å². The fourth-order valence-corrected chi connectivity index (χ4v) is 1.92. The van der Waals surface area contributed by atoms with Gasteiger partial charge in [0.25, 0.3) is 0 Å². The van der Waals surface area contributed by atoms with Crippen LogP contribution < -0.4 is 5.32 Å². The number of hydrogen-bond donors (Lipinski definition) is 1. The summed E-state index contributed by atoms with van der Waals surface area (Å²) in [7, 11) is 0. The third kappa shape index (κ3) is 3.25. The van der Waals surface area contributed by atoms with Gasteiger partial charge >= 0.3 is 0 Å². The monoisotopic (exact) mass is 257 g/mol. The van der Waals surface area contributed by atoms with Crippen molar-refractivity contribution >= 4 is 0 Å². The SMILES string of the molecule is CC1(C)OCC(CNCc2c(F)cccc2F)O1. The lowest BCUT2D eigenvalue weighted by atomic mass is 10.2. The summed E-state index contributed by atoms with van der Waals surface area (Å²) in [5.41, 5.74) is 0.0516. The zero-order valence-electron chi connectivity index (χ0n) is 10.5. The van der Waals surface area contributed by atoms with Crippen LogP contribution in [0.2, 0.25) is 0 Å². The fraction of sp³-hybridized carbons (Fsp3) is 0.538. The van der Waals surface area contributed by atoms with Crippen LogP contribution in [0.15, 0.2) is 18.2 Å². The van der Waals surface area contributed by atoms with E-state index in [2.05, 4.69) is 5.32 Å². The second kappa shape index (κ2) is 5.30. The smallest absolute Gasteiger partial charge is 0.163 e. The maximum absolute atomic E-state index is 13.3. The van der Waals surface area contributed by atoms with E-state index in [0.29, 0.717) is 13.2 Å². The fourth-order valence-electron chi connectivity index (χ4n) is 1.92. The standard InChI is InChI=1S/C13H17F2NO2/c1-13(2)17-8-9(18-13)6-16-7-10-11(14)4-3-5-12(10)15/h3-5,9,16H,6-8H2,1-2H3. The second-order valence-electron chi connectivity index (χ2n) is 4.78. The van der Waals surface area contributed by atoms with Crippen molar-refractivity contribution < 1.29 is 18.3 Å². The van der Waals surface area contributed by atoms with E-state index in [9.17, 15) is 8.78 Å². The first kappa shape index (κ1) is 13.4. The minimum absolute atomic E-state index is 0.0516. The van der Waals surface area contributed by atoms with Gasteiger partial charge in [-0.25, -0.2) is 8.78 Å². The molecule has 1 aliphatic rings. The van der Waals surface area contributed by atoms with Crippen LogP contribution in [-0.4, -0.2) is 25.0 Å².